The molecular formula is C15H32N2. The Balaban J connectivity index is 2.65. The molecule has 2 N–H and O–H groups in total. The zero-order valence-corrected chi connectivity index (χ0v) is 12.7. The molecule has 0 spiro atoms. The van der Waals surface area contributed by atoms with Gasteiger partial charge in [0.2, 0.25) is 0 Å². The molecule has 17 heavy (non-hydrogen) atoms. The van der Waals surface area contributed by atoms with Crippen molar-refractivity contribution < 1.29 is 0 Å². The molecule has 0 amide bonds. The van der Waals surface area contributed by atoms with Gasteiger partial charge in [-0.1, -0.05) is 27.7 Å². The van der Waals surface area contributed by atoms with Gasteiger partial charge >= 0.3 is 0 Å². The van der Waals surface area contributed by atoms with Gasteiger partial charge in [0.15, 0.2) is 0 Å². The smallest absolute Gasteiger partial charge is 0.00698 e. The highest BCUT2D eigenvalue weighted by atomic mass is 15.1. The quantitative estimate of drug-likeness (QED) is 0.818. The van der Waals surface area contributed by atoms with Crippen molar-refractivity contribution in [3.05, 3.63) is 0 Å². The van der Waals surface area contributed by atoms with Gasteiger partial charge in [0.05, 0.1) is 0 Å². The van der Waals surface area contributed by atoms with Crippen LogP contribution in [0, 0.1) is 17.3 Å². The first-order chi connectivity index (χ1) is 7.80. The van der Waals surface area contributed by atoms with E-state index in [0.29, 0.717) is 23.4 Å². The first kappa shape index (κ1) is 15.0. The van der Waals surface area contributed by atoms with Crippen LogP contribution in [0.3, 0.4) is 0 Å². The second-order valence-corrected chi connectivity index (χ2v) is 6.75. The largest absolute Gasteiger partial charge is 0.327 e. The van der Waals surface area contributed by atoms with Crippen LogP contribution in [0.4, 0.5) is 0 Å². The lowest BCUT2D eigenvalue weighted by molar-refractivity contribution is 0.0266. The maximum atomic E-state index is 6.22. The highest BCUT2D eigenvalue weighted by Gasteiger charge is 2.41. The molecule has 0 aromatic carbocycles. The van der Waals surface area contributed by atoms with E-state index in [9.17, 15) is 0 Å². The van der Waals surface area contributed by atoms with E-state index in [1.807, 2.05) is 0 Å². The van der Waals surface area contributed by atoms with Gasteiger partial charge in [-0.25, -0.2) is 0 Å². The fourth-order valence-electron chi connectivity index (χ4n) is 3.10. The highest BCUT2D eigenvalue weighted by Crippen LogP contribution is 2.44. The molecule has 0 bridgehead atoms. The lowest BCUT2D eigenvalue weighted by Crippen LogP contribution is -2.50. The van der Waals surface area contributed by atoms with Gasteiger partial charge in [-0.05, 0) is 50.5 Å². The minimum absolute atomic E-state index is 0.374. The molecule has 0 aromatic rings. The summed E-state index contributed by atoms with van der Waals surface area (Å²) < 4.78 is 0. The van der Waals surface area contributed by atoms with E-state index in [0.717, 1.165) is 5.92 Å². The second kappa shape index (κ2) is 5.71. The maximum Gasteiger partial charge on any atom is 0.00698 e. The fourth-order valence-corrected chi connectivity index (χ4v) is 3.10. The van der Waals surface area contributed by atoms with Crippen molar-refractivity contribution in [2.45, 2.75) is 66.0 Å². The Morgan fingerprint density at radius 3 is 2.47 bits per heavy atom. The summed E-state index contributed by atoms with van der Waals surface area (Å²) >= 11 is 0. The molecular weight excluding hydrogens is 208 g/mol. The van der Waals surface area contributed by atoms with Crippen molar-refractivity contribution in [1.29, 1.82) is 0 Å². The van der Waals surface area contributed by atoms with Crippen LogP contribution in [0.25, 0.3) is 0 Å². The summed E-state index contributed by atoms with van der Waals surface area (Å²) in [5, 5.41) is 0. The van der Waals surface area contributed by atoms with Crippen molar-refractivity contribution in [1.82, 2.24) is 4.90 Å². The van der Waals surface area contributed by atoms with E-state index in [4.69, 9.17) is 5.73 Å². The summed E-state index contributed by atoms with van der Waals surface area (Å²) in [4.78, 5) is 2.52. The summed E-state index contributed by atoms with van der Waals surface area (Å²) in [5.41, 5.74) is 6.59. The number of hydrogen-bond donors (Lipinski definition) is 1. The second-order valence-electron chi connectivity index (χ2n) is 6.75. The lowest BCUT2D eigenvalue weighted by Gasteiger charge is -2.48. The predicted molar refractivity (Wildman–Crippen MR) is 76.0 cm³/mol. The Kier molecular flexibility index (Phi) is 5.03. The van der Waals surface area contributed by atoms with Crippen LogP contribution >= 0.6 is 0 Å². The van der Waals surface area contributed by atoms with Crippen molar-refractivity contribution in [2.75, 3.05) is 13.6 Å². The van der Waals surface area contributed by atoms with E-state index in [1.165, 1.54) is 25.8 Å². The third-order valence-electron chi connectivity index (χ3n) is 5.57. The average molecular weight is 240 g/mol. The molecule has 0 heterocycles. The Morgan fingerprint density at radius 2 is 1.94 bits per heavy atom. The normalized spacial score (nSPS) is 34.9. The Labute approximate surface area is 108 Å². The molecule has 0 aliphatic heterocycles. The number of rotatable bonds is 4. The Hall–Kier alpha value is -0.0800. The Morgan fingerprint density at radius 1 is 1.35 bits per heavy atom. The number of hydrogen-bond acceptors (Lipinski definition) is 2. The van der Waals surface area contributed by atoms with Gasteiger partial charge in [-0.2, -0.15) is 0 Å². The zero-order valence-electron chi connectivity index (χ0n) is 12.7. The van der Waals surface area contributed by atoms with E-state index in [2.05, 4.69) is 46.6 Å². The van der Waals surface area contributed by atoms with Gasteiger partial charge in [0, 0.05) is 18.6 Å². The summed E-state index contributed by atoms with van der Waals surface area (Å²) in [6, 6.07) is 1.09. The maximum absolute atomic E-state index is 6.22. The molecule has 2 nitrogen and oxygen atoms in total. The molecule has 2 heteroatoms. The third kappa shape index (κ3) is 3.23. The summed E-state index contributed by atoms with van der Waals surface area (Å²) in [6.07, 6.45) is 3.72. The van der Waals surface area contributed by atoms with Crippen molar-refractivity contribution in [3.63, 3.8) is 0 Å². The minimum Gasteiger partial charge on any atom is -0.327 e. The van der Waals surface area contributed by atoms with E-state index in [-0.39, 0.29) is 0 Å². The van der Waals surface area contributed by atoms with Crippen LogP contribution in [0.2, 0.25) is 0 Å². The fraction of sp³-hybridized carbons (Fsp3) is 1.00. The molecule has 1 rings (SSSR count). The Bertz CT molecular complexity index is 237. The summed E-state index contributed by atoms with van der Waals surface area (Å²) in [6.45, 7) is 13.0. The molecule has 0 aromatic heterocycles. The molecule has 1 aliphatic carbocycles. The third-order valence-corrected chi connectivity index (χ3v) is 5.57. The molecule has 1 fully saturated rings. The van der Waals surface area contributed by atoms with Crippen LogP contribution in [0.5, 0.6) is 0 Å². The summed E-state index contributed by atoms with van der Waals surface area (Å²) in [5.74, 6) is 1.42. The minimum atomic E-state index is 0.374. The van der Waals surface area contributed by atoms with E-state index in [1.54, 1.807) is 0 Å². The highest BCUT2D eigenvalue weighted by molar-refractivity contribution is 4.94. The molecule has 1 saturated carbocycles. The van der Waals surface area contributed by atoms with Gasteiger partial charge in [0.25, 0.3) is 0 Å². The first-order valence-corrected chi connectivity index (χ1v) is 7.26. The van der Waals surface area contributed by atoms with Gasteiger partial charge < -0.3 is 10.6 Å². The van der Waals surface area contributed by atoms with E-state index < -0.39 is 0 Å². The monoisotopic (exact) mass is 240 g/mol. The van der Waals surface area contributed by atoms with Crippen LogP contribution in [-0.2, 0) is 0 Å². The first-order valence-electron chi connectivity index (χ1n) is 7.26. The standard InChI is InChI=1S/C15H32N2/c1-7-11(2)17(6)10-13-8-9-14(16)12(3)15(13,4)5/h11-14H,7-10,16H2,1-6H3. The number of nitrogens with two attached hydrogens (primary N) is 1. The SMILES string of the molecule is CCC(C)N(C)CC1CCC(N)C(C)C1(C)C. The molecule has 0 radical (unpaired) electrons. The van der Waals surface area contributed by atoms with Crippen LogP contribution < -0.4 is 5.73 Å². The van der Waals surface area contributed by atoms with Crippen molar-refractivity contribution in [2.24, 2.45) is 23.0 Å². The molecule has 1 aliphatic rings. The predicted octanol–water partition coefficient (Wildman–Crippen LogP) is 3.12. The molecule has 0 saturated heterocycles. The number of nitrogens with zero attached hydrogens (tertiary/aromatic N) is 1. The van der Waals surface area contributed by atoms with Crippen LogP contribution in [0.15, 0.2) is 0 Å². The zero-order chi connectivity index (χ0) is 13.2. The average Bonchev–Trinajstić information content (AvgIpc) is 2.29. The molecule has 4 unspecified atom stereocenters. The van der Waals surface area contributed by atoms with Gasteiger partial charge in [0.1, 0.15) is 0 Å². The lowest BCUT2D eigenvalue weighted by atomic mass is 9.61. The van der Waals surface area contributed by atoms with Crippen molar-refractivity contribution >= 4 is 0 Å². The van der Waals surface area contributed by atoms with Crippen molar-refractivity contribution in [3.8, 4) is 0 Å². The van der Waals surface area contributed by atoms with Crippen LogP contribution in [0.1, 0.15) is 53.9 Å². The molecule has 4 atom stereocenters. The summed E-state index contributed by atoms with van der Waals surface area (Å²) in [7, 11) is 2.27. The van der Waals surface area contributed by atoms with Gasteiger partial charge in [-0.3, -0.25) is 0 Å². The van der Waals surface area contributed by atoms with E-state index >= 15 is 0 Å². The molecule has 102 valence electrons. The van der Waals surface area contributed by atoms with Crippen LogP contribution in [-0.4, -0.2) is 30.6 Å². The topological polar surface area (TPSA) is 29.3 Å². The van der Waals surface area contributed by atoms with Gasteiger partial charge in [-0.15, -0.1) is 0 Å².